The molecule has 0 radical (unpaired) electrons. The number of rotatable bonds is 2. The van der Waals surface area contributed by atoms with Gasteiger partial charge >= 0.3 is 5.97 Å². The van der Waals surface area contributed by atoms with Crippen LogP contribution in [0.15, 0.2) is 12.7 Å². The lowest BCUT2D eigenvalue weighted by atomic mass is 10.1. The Balaban J connectivity index is 2.73. The fourth-order valence-electron chi connectivity index (χ4n) is 0.757. The van der Waals surface area contributed by atoms with Crippen LogP contribution >= 0.6 is 11.6 Å². The molecule has 1 saturated carbocycles. The van der Waals surface area contributed by atoms with E-state index in [0.717, 1.165) is 0 Å². The van der Waals surface area contributed by atoms with E-state index in [9.17, 15) is 4.79 Å². The van der Waals surface area contributed by atoms with Crippen molar-refractivity contribution in [3.05, 3.63) is 12.7 Å². The first-order chi connectivity index (χ1) is 4.13. The summed E-state index contributed by atoms with van der Waals surface area (Å²) in [7, 11) is 0. The predicted molar refractivity (Wildman–Crippen MR) is 34.5 cm³/mol. The SMILES string of the molecule is C=CC1(C(=O)O)CC1Cl. The number of carbonyl (C=O) groups is 1. The Bertz CT molecular complexity index is 166. The predicted octanol–water partition coefficient (Wildman–Crippen LogP) is 1.25. The minimum atomic E-state index is -0.863. The summed E-state index contributed by atoms with van der Waals surface area (Å²) in [4.78, 5) is 10.4. The molecule has 0 heterocycles. The van der Waals surface area contributed by atoms with Crippen molar-refractivity contribution in [2.45, 2.75) is 11.8 Å². The van der Waals surface area contributed by atoms with E-state index in [0.29, 0.717) is 6.42 Å². The molecule has 50 valence electrons. The molecular weight excluding hydrogens is 140 g/mol. The summed E-state index contributed by atoms with van der Waals surface area (Å²) in [5.74, 6) is -0.863. The monoisotopic (exact) mass is 146 g/mol. The van der Waals surface area contributed by atoms with Gasteiger partial charge in [0.05, 0.1) is 5.38 Å². The largest absolute Gasteiger partial charge is 0.481 e. The maximum atomic E-state index is 10.4. The van der Waals surface area contributed by atoms with Crippen molar-refractivity contribution in [1.82, 2.24) is 0 Å². The van der Waals surface area contributed by atoms with Crippen LogP contribution in [0.2, 0.25) is 0 Å². The Morgan fingerprint density at radius 1 is 2.00 bits per heavy atom. The number of halogens is 1. The zero-order valence-corrected chi connectivity index (χ0v) is 5.56. The third-order valence-electron chi connectivity index (χ3n) is 1.68. The lowest BCUT2D eigenvalue weighted by Gasteiger charge is -1.99. The molecule has 0 aromatic rings. The van der Waals surface area contributed by atoms with Crippen LogP contribution in [-0.2, 0) is 4.79 Å². The molecule has 0 spiro atoms. The van der Waals surface area contributed by atoms with Crippen LogP contribution in [0.3, 0.4) is 0 Å². The van der Waals surface area contributed by atoms with E-state index in [-0.39, 0.29) is 5.38 Å². The summed E-state index contributed by atoms with van der Waals surface area (Å²) >= 11 is 5.55. The van der Waals surface area contributed by atoms with Gasteiger partial charge in [-0.15, -0.1) is 18.2 Å². The Morgan fingerprint density at radius 3 is 2.44 bits per heavy atom. The smallest absolute Gasteiger partial charge is 0.315 e. The van der Waals surface area contributed by atoms with Gasteiger partial charge in [-0.25, -0.2) is 0 Å². The number of carboxylic acids is 1. The van der Waals surface area contributed by atoms with Gasteiger partial charge in [0.15, 0.2) is 0 Å². The summed E-state index contributed by atoms with van der Waals surface area (Å²) in [5, 5.41) is 8.28. The van der Waals surface area contributed by atoms with Gasteiger partial charge in [0, 0.05) is 0 Å². The van der Waals surface area contributed by atoms with Crippen LogP contribution in [0, 0.1) is 5.41 Å². The van der Waals surface area contributed by atoms with Crippen molar-refractivity contribution in [3.63, 3.8) is 0 Å². The van der Waals surface area contributed by atoms with Crippen LogP contribution in [0.5, 0.6) is 0 Å². The van der Waals surface area contributed by atoms with Crippen LogP contribution in [0.4, 0.5) is 0 Å². The molecule has 0 aromatic heterocycles. The van der Waals surface area contributed by atoms with Crippen molar-refractivity contribution in [1.29, 1.82) is 0 Å². The molecule has 0 saturated heterocycles. The third-order valence-corrected chi connectivity index (χ3v) is 2.22. The first-order valence-corrected chi connectivity index (χ1v) is 3.08. The number of aliphatic carboxylic acids is 1. The van der Waals surface area contributed by atoms with Gasteiger partial charge in [-0.1, -0.05) is 6.08 Å². The van der Waals surface area contributed by atoms with Crippen molar-refractivity contribution in [2.75, 3.05) is 0 Å². The highest BCUT2D eigenvalue weighted by Gasteiger charge is 2.57. The first-order valence-electron chi connectivity index (χ1n) is 2.64. The Hall–Kier alpha value is -0.500. The second kappa shape index (κ2) is 1.74. The topological polar surface area (TPSA) is 37.3 Å². The maximum absolute atomic E-state index is 10.4. The minimum Gasteiger partial charge on any atom is -0.481 e. The van der Waals surface area contributed by atoms with Gasteiger partial charge < -0.3 is 5.11 Å². The Morgan fingerprint density at radius 2 is 2.44 bits per heavy atom. The van der Waals surface area contributed by atoms with E-state index in [1.54, 1.807) is 0 Å². The molecule has 1 aliphatic rings. The molecule has 0 amide bonds. The molecule has 3 heteroatoms. The van der Waals surface area contributed by atoms with Gasteiger partial charge in [-0.05, 0) is 6.42 Å². The number of carboxylic acid groups (broad SMARTS) is 1. The van der Waals surface area contributed by atoms with Crippen molar-refractivity contribution in [3.8, 4) is 0 Å². The summed E-state index contributed by atoms with van der Waals surface area (Å²) in [6, 6.07) is 0. The molecule has 1 fully saturated rings. The number of hydrogen-bond acceptors (Lipinski definition) is 1. The van der Waals surface area contributed by atoms with E-state index in [2.05, 4.69) is 6.58 Å². The van der Waals surface area contributed by atoms with E-state index in [1.165, 1.54) is 6.08 Å². The fraction of sp³-hybridized carbons (Fsp3) is 0.500. The lowest BCUT2D eigenvalue weighted by molar-refractivity contribution is -0.141. The zero-order valence-electron chi connectivity index (χ0n) is 4.80. The molecule has 0 aliphatic heterocycles. The van der Waals surface area contributed by atoms with Gasteiger partial charge in [0.1, 0.15) is 5.41 Å². The minimum absolute atomic E-state index is 0.243. The van der Waals surface area contributed by atoms with Crippen LogP contribution in [0.25, 0.3) is 0 Å². The van der Waals surface area contributed by atoms with Gasteiger partial charge in [-0.3, -0.25) is 4.79 Å². The highest BCUT2D eigenvalue weighted by atomic mass is 35.5. The highest BCUT2D eigenvalue weighted by Crippen LogP contribution is 2.51. The van der Waals surface area contributed by atoms with E-state index in [4.69, 9.17) is 16.7 Å². The standard InChI is InChI=1S/C6H7ClO2/c1-2-6(5(8)9)3-4(6)7/h2,4H,1,3H2,(H,8,9). The second-order valence-corrected chi connectivity index (χ2v) is 2.75. The van der Waals surface area contributed by atoms with Crippen LogP contribution < -0.4 is 0 Å². The summed E-state index contributed by atoms with van der Waals surface area (Å²) in [5.41, 5.74) is -0.804. The molecule has 1 aliphatic carbocycles. The van der Waals surface area contributed by atoms with Gasteiger partial charge in [0.25, 0.3) is 0 Å². The Labute approximate surface area is 58.1 Å². The normalized spacial score (nSPS) is 39.9. The number of hydrogen-bond donors (Lipinski definition) is 1. The number of alkyl halides is 1. The van der Waals surface area contributed by atoms with Crippen LogP contribution in [-0.4, -0.2) is 16.5 Å². The van der Waals surface area contributed by atoms with Crippen molar-refractivity contribution >= 4 is 17.6 Å². The highest BCUT2D eigenvalue weighted by molar-refractivity contribution is 6.25. The molecule has 2 unspecified atom stereocenters. The third kappa shape index (κ3) is 0.741. The molecule has 1 N–H and O–H groups in total. The summed E-state index contributed by atoms with van der Waals surface area (Å²) < 4.78 is 0. The molecule has 2 atom stereocenters. The average Bonchev–Trinajstić information content (AvgIpc) is 2.43. The van der Waals surface area contributed by atoms with E-state index >= 15 is 0 Å². The van der Waals surface area contributed by atoms with Gasteiger partial charge in [-0.2, -0.15) is 0 Å². The molecule has 0 aromatic carbocycles. The van der Waals surface area contributed by atoms with E-state index in [1.807, 2.05) is 0 Å². The summed E-state index contributed by atoms with van der Waals surface area (Å²) in [6.45, 7) is 3.40. The first kappa shape index (κ1) is 6.62. The molecule has 1 rings (SSSR count). The quantitative estimate of drug-likeness (QED) is 0.470. The molecule has 9 heavy (non-hydrogen) atoms. The lowest BCUT2D eigenvalue weighted by Crippen LogP contribution is -2.14. The zero-order chi connectivity index (χ0) is 7.07. The molecular formula is C6H7ClO2. The molecule has 0 bridgehead atoms. The molecule has 2 nitrogen and oxygen atoms in total. The van der Waals surface area contributed by atoms with Gasteiger partial charge in [0.2, 0.25) is 0 Å². The van der Waals surface area contributed by atoms with Crippen molar-refractivity contribution < 1.29 is 9.90 Å². The average molecular weight is 147 g/mol. The summed E-state index contributed by atoms with van der Waals surface area (Å²) in [6.07, 6.45) is 1.93. The second-order valence-electron chi connectivity index (χ2n) is 2.22. The van der Waals surface area contributed by atoms with E-state index < -0.39 is 11.4 Å². The van der Waals surface area contributed by atoms with Crippen LogP contribution in [0.1, 0.15) is 6.42 Å². The Kier molecular flexibility index (Phi) is 1.28. The van der Waals surface area contributed by atoms with Crippen molar-refractivity contribution in [2.24, 2.45) is 5.41 Å². The fourth-order valence-corrected chi connectivity index (χ4v) is 1.20. The maximum Gasteiger partial charge on any atom is 0.315 e.